The topological polar surface area (TPSA) is 97.6 Å². The molecule has 2 aromatic carbocycles. The van der Waals surface area contributed by atoms with Crippen LogP contribution in [0.3, 0.4) is 0 Å². The molecule has 8 heteroatoms. The van der Waals surface area contributed by atoms with E-state index in [-0.39, 0.29) is 18.0 Å². The molecule has 0 saturated heterocycles. The Bertz CT molecular complexity index is 1430. The number of ether oxygens (including phenoxy) is 1. The van der Waals surface area contributed by atoms with Crippen LogP contribution in [0.4, 0.5) is 11.4 Å². The van der Waals surface area contributed by atoms with Crippen molar-refractivity contribution in [2.24, 2.45) is 4.99 Å². The second-order valence-corrected chi connectivity index (χ2v) is 8.87. The summed E-state index contributed by atoms with van der Waals surface area (Å²) in [4.78, 5) is 30.3. The maximum Gasteiger partial charge on any atom is 0.343 e. The number of aromatic nitrogens is 2. The number of amidine groups is 1. The number of hydrogen-bond acceptors (Lipinski definition) is 6. The molecule has 3 aromatic rings. The fourth-order valence-electron chi connectivity index (χ4n) is 4.13. The van der Waals surface area contributed by atoms with Gasteiger partial charge in [0.1, 0.15) is 11.4 Å². The Morgan fingerprint density at radius 2 is 1.78 bits per heavy atom. The first kappa shape index (κ1) is 25.6. The van der Waals surface area contributed by atoms with Crippen molar-refractivity contribution in [3.05, 3.63) is 94.0 Å². The van der Waals surface area contributed by atoms with Gasteiger partial charge in [-0.1, -0.05) is 42.0 Å². The van der Waals surface area contributed by atoms with Crippen molar-refractivity contribution in [3.8, 4) is 0 Å². The minimum absolute atomic E-state index is 0.131. The molecular weight excluding hydrogens is 466 g/mol. The summed E-state index contributed by atoms with van der Waals surface area (Å²) in [6.45, 7) is 10.3. The Kier molecular flexibility index (Phi) is 7.67. The lowest BCUT2D eigenvalue weighted by Gasteiger charge is -2.12. The number of nitrogens with one attached hydrogen (secondary N) is 2. The van der Waals surface area contributed by atoms with E-state index in [1.165, 1.54) is 11.6 Å². The van der Waals surface area contributed by atoms with E-state index in [1.807, 2.05) is 36.7 Å². The van der Waals surface area contributed by atoms with Crippen molar-refractivity contribution in [1.29, 1.82) is 0 Å². The number of para-hydroxylation sites is 2. The van der Waals surface area contributed by atoms with E-state index in [9.17, 15) is 9.59 Å². The van der Waals surface area contributed by atoms with Gasteiger partial charge in [-0.05, 0) is 58.4 Å². The molecule has 2 heterocycles. The molecule has 4 rings (SSSR count). The van der Waals surface area contributed by atoms with Gasteiger partial charge >= 0.3 is 5.97 Å². The van der Waals surface area contributed by atoms with Gasteiger partial charge in [0.2, 0.25) is 5.91 Å². The molecule has 37 heavy (non-hydrogen) atoms. The molecule has 0 radical (unpaired) electrons. The molecule has 8 nitrogen and oxygen atoms in total. The van der Waals surface area contributed by atoms with E-state index in [4.69, 9.17) is 4.74 Å². The molecule has 1 amide bonds. The summed E-state index contributed by atoms with van der Waals surface area (Å²) < 4.78 is 7.17. The summed E-state index contributed by atoms with van der Waals surface area (Å²) in [6, 6.07) is 15.7. The van der Waals surface area contributed by atoms with Crippen LogP contribution >= 0.6 is 0 Å². The molecule has 2 N–H and O–H groups in total. The lowest BCUT2D eigenvalue weighted by Crippen LogP contribution is -2.34. The molecule has 190 valence electrons. The van der Waals surface area contributed by atoms with Crippen LogP contribution in [0, 0.1) is 20.8 Å². The van der Waals surface area contributed by atoms with Crippen LogP contribution in [0.5, 0.6) is 0 Å². The molecule has 1 aromatic heterocycles. The van der Waals surface area contributed by atoms with Crippen LogP contribution in [0.15, 0.2) is 70.9 Å². The molecule has 1 aliphatic rings. The standard InChI is InChI=1S/C29H31N5O3/c1-6-37-29(36)27-20(4)30-24-9-7-8-10-25(24)31-28(27)32-26(35)16-15-23-19(3)33-34(21(23)5)17-22-13-11-18(2)12-14-22/h7-16,30H,6,17H2,1-5H3,(H,31,32,35)/b16-15-. The van der Waals surface area contributed by atoms with Gasteiger partial charge in [0.15, 0.2) is 0 Å². The van der Waals surface area contributed by atoms with E-state index in [0.29, 0.717) is 17.9 Å². The van der Waals surface area contributed by atoms with Crippen molar-refractivity contribution in [3.63, 3.8) is 0 Å². The van der Waals surface area contributed by atoms with Crippen molar-refractivity contribution < 1.29 is 14.3 Å². The third-order valence-electron chi connectivity index (χ3n) is 6.08. The number of hydrogen-bond donors (Lipinski definition) is 2. The Hall–Kier alpha value is -4.46. The van der Waals surface area contributed by atoms with Crippen LogP contribution in [0.25, 0.3) is 6.08 Å². The van der Waals surface area contributed by atoms with Crippen LogP contribution in [0.1, 0.15) is 41.9 Å². The van der Waals surface area contributed by atoms with Crippen molar-refractivity contribution in [2.75, 3.05) is 11.9 Å². The number of anilines is 1. The quantitative estimate of drug-likeness (QED) is 0.370. The Morgan fingerprint density at radius 1 is 1.05 bits per heavy atom. The second kappa shape index (κ2) is 11.1. The van der Waals surface area contributed by atoms with E-state index >= 15 is 0 Å². The molecule has 0 saturated carbocycles. The van der Waals surface area contributed by atoms with Crippen LogP contribution < -0.4 is 10.6 Å². The number of nitrogens with zero attached hydrogens (tertiary/aromatic N) is 3. The van der Waals surface area contributed by atoms with Gasteiger partial charge < -0.3 is 15.4 Å². The summed E-state index contributed by atoms with van der Waals surface area (Å²) in [5, 5.41) is 10.6. The zero-order valence-corrected chi connectivity index (χ0v) is 21.8. The SMILES string of the molecule is CCOC(=O)C1=C(C)Nc2ccccc2N=C1NC(=O)/C=C\c1c(C)nn(Cc2ccc(C)cc2)c1C. The first-order valence-corrected chi connectivity index (χ1v) is 12.2. The lowest BCUT2D eigenvalue weighted by molar-refractivity contribution is -0.137. The summed E-state index contributed by atoms with van der Waals surface area (Å²) in [7, 11) is 0. The van der Waals surface area contributed by atoms with Gasteiger partial charge in [-0.2, -0.15) is 5.10 Å². The van der Waals surface area contributed by atoms with Gasteiger partial charge in [0.05, 0.1) is 30.2 Å². The Balaban J connectivity index is 1.58. The van der Waals surface area contributed by atoms with E-state index in [1.54, 1.807) is 26.0 Å². The number of aryl methyl sites for hydroxylation is 2. The van der Waals surface area contributed by atoms with Crippen molar-refractivity contribution >= 4 is 35.2 Å². The fraction of sp³-hybridized carbons (Fsp3) is 0.241. The zero-order chi connectivity index (χ0) is 26.5. The minimum Gasteiger partial charge on any atom is -0.462 e. The molecule has 0 bridgehead atoms. The summed E-state index contributed by atoms with van der Waals surface area (Å²) in [5.74, 6) is -0.850. The molecule has 0 atom stereocenters. The average molecular weight is 498 g/mol. The van der Waals surface area contributed by atoms with Gasteiger partial charge in [0, 0.05) is 23.0 Å². The molecular formula is C29H31N5O3. The highest BCUT2D eigenvalue weighted by Gasteiger charge is 2.25. The molecule has 0 unspecified atom stereocenters. The van der Waals surface area contributed by atoms with E-state index < -0.39 is 11.9 Å². The lowest BCUT2D eigenvalue weighted by atomic mass is 10.1. The predicted molar refractivity (Wildman–Crippen MR) is 146 cm³/mol. The van der Waals surface area contributed by atoms with Crippen LogP contribution in [-0.4, -0.2) is 34.1 Å². The monoisotopic (exact) mass is 497 g/mol. The number of esters is 1. The third kappa shape index (κ3) is 5.86. The number of allylic oxidation sites excluding steroid dienone is 1. The van der Waals surface area contributed by atoms with Crippen molar-refractivity contribution in [1.82, 2.24) is 15.1 Å². The molecule has 0 aliphatic carbocycles. The van der Waals surface area contributed by atoms with E-state index in [0.717, 1.165) is 28.2 Å². The normalized spacial score (nSPS) is 13.1. The van der Waals surface area contributed by atoms with Gasteiger partial charge in [-0.3, -0.25) is 9.48 Å². The van der Waals surface area contributed by atoms with Crippen LogP contribution in [-0.2, 0) is 20.9 Å². The highest BCUT2D eigenvalue weighted by molar-refractivity contribution is 6.25. The Labute approximate surface area is 216 Å². The number of amides is 1. The molecule has 1 aliphatic heterocycles. The maximum atomic E-state index is 13.0. The number of benzene rings is 2. The van der Waals surface area contributed by atoms with Gasteiger partial charge in [-0.15, -0.1) is 0 Å². The number of rotatable bonds is 6. The van der Waals surface area contributed by atoms with Crippen LogP contribution in [0.2, 0.25) is 0 Å². The largest absolute Gasteiger partial charge is 0.462 e. The average Bonchev–Trinajstić information content (AvgIpc) is 3.03. The fourth-order valence-corrected chi connectivity index (χ4v) is 4.13. The molecule has 0 fully saturated rings. The second-order valence-electron chi connectivity index (χ2n) is 8.87. The number of carbonyl (C=O) groups excluding carboxylic acids is 2. The first-order chi connectivity index (χ1) is 17.8. The maximum absolute atomic E-state index is 13.0. The molecule has 0 spiro atoms. The van der Waals surface area contributed by atoms with Gasteiger partial charge in [-0.25, -0.2) is 9.79 Å². The summed E-state index contributed by atoms with van der Waals surface area (Å²) >= 11 is 0. The highest BCUT2D eigenvalue weighted by Crippen LogP contribution is 2.30. The van der Waals surface area contributed by atoms with Gasteiger partial charge in [0.25, 0.3) is 0 Å². The first-order valence-electron chi connectivity index (χ1n) is 12.2. The summed E-state index contributed by atoms with van der Waals surface area (Å²) in [6.07, 6.45) is 3.17. The van der Waals surface area contributed by atoms with E-state index in [2.05, 4.69) is 51.9 Å². The number of fused-ring (bicyclic) bond motifs is 1. The number of carbonyl (C=O) groups is 2. The summed E-state index contributed by atoms with van der Waals surface area (Å²) in [5.41, 5.74) is 7.05. The van der Waals surface area contributed by atoms with Crippen molar-refractivity contribution in [2.45, 2.75) is 41.2 Å². The minimum atomic E-state index is -0.563. The third-order valence-corrected chi connectivity index (χ3v) is 6.08. The number of aliphatic imine (C=N–C) groups is 1. The smallest absolute Gasteiger partial charge is 0.343 e. The predicted octanol–water partition coefficient (Wildman–Crippen LogP) is 4.98. The Morgan fingerprint density at radius 3 is 2.51 bits per heavy atom. The highest BCUT2D eigenvalue weighted by atomic mass is 16.5. The zero-order valence-electron chi connectivity index (χ0n) is 21.8.